The number of carbonyl (C=O) groups is 1. The predicted molar refractivity (Wildman–Crippen MR) is 96.0 cm³/mol. The van der Waals surface area contributed by atoms with Crippen LogP contribution in [0.1, 0.15) is 27.9 Å². The van der Waals surface area contributed by atoms with Gasteiger partial charge in [0.05, 0.1) is 11.9 Å². The van der Waals surface area contributed by atoms with Crippen molar-refractivity contribution in [2.75, 3.05) is 19.6 Å². The van der Waals surface area contributed by atoms with E-state index in [9.17, 15) is 4.79 Å². The Hall–Kier alpha value is -3.00. The number of benzene rings is 1. The summed E-state index contributed by atoms with van der Waals surface area (Å²) >= 11 is 0. The van der Waals surface area contributed by atoms with Crippen molar-refractivity contribution >= 4 is 5.91 Å². The van der Waals surface area contributed by atoms with Crippen LogP contribution in [0.2, 0.25) is 0 Å². The number of hydrogen-bond donors (Lipinski definition) is 1. The van der Waals surface area contributed by atoms with E-state index in [-0.39, 0.29) is 11.9 Å². The van der Waals surface area contributed by atoms with E-state index in [0.29, 0.717) is 18.8 Å². The van der Waals surface area contributed by atoms with E-state index in [4.69, 9.17) is 0 Å². The van der Waals surface area contributed by atoms with Crippen LogP contribution in [0.3, 0.4) is 0 Å². The fourth-order valence-corrected chi connectivity index (χ4v) is 3.21. The van der Waals surface area contributed by atoms with Crippen molar-refractivity contribution < 1.29 is 4.79 Å². The van der Waals surface area contributed by atoms with E-state index in [0.717, 1.165) is 18.1 Å². The second kappa shape index (κ2) is 6.72. The molecule has 1 aliphatic heterocycles. The Morgan fingerprint density at radius 3 is 2.81 bits per heavy atom. The van der Waals surface area contributed by atoms with Crippen LogP contribution in [-0.2, 0) is 7.05 Å². The normalized spacial score (nSPS) is 17.5. The molecule has 1 unspecified atom stereocenters. The molecule has 1 amide bonds. The van der Waals surface area contributed by atoms with E-state index >= 15 is 0 Å². The minimum atomic E-state index is -0.127. The highest BCUT2D eigenvalue weighted by atomic mass is 16.2. The molecule has 1 atom stereocenters. The summed E-state index contributed by atoms with van der Waals surface area (Å²) in [7, 11) is 1.94. The minimum Gasteiger partial charge on any atom is -0.336 e. The zero-order valence-corrected chi connectivity index (χ0v) is 14.8. The molecule has 0 aliphatic carbocycles. The molecule has 0 spiro atoms. The van der Waals surface area contributed by atoms with Crippen LogP contribution < -0.4 is 5.32 Å². The Morgan fingerprint density at radius 2 is 2.08 bits per heavy atom. The number of hydrogen-bond acceptors (Lipinski definition) is 5. The highest BCUT2D eigenvalue weighted by Gasteiger charge is 2.32. The van der Waals surface area contributed by atoms with Crippen molar-refractivity contribution in [1.82, 2.24) is 34.8 Å². The summed E-state index contributed by atoms with van der Waals surface area (Å²) < 4.78 is 3.58. The molecule has 1 saturated heterocycles. The summed E-state index contributed by atoms with van der Waals surface area (Å²) in [6.07, 6.45) is 5.32. The molecule has 0 saturated carbocycles. The molecular formula is C18H21N7O. The van der Waals surface area contributed by atoms with Crippen molar-refractivity contribution in [1.29, 1.82) is 0 Å². The number of amides is 1. The molecule has 0 bridgehead atoms. The monoisotopic (exact) mass is 351 g/mol. The molecule has 2 aromatic heterocycles. The van der Waals surface area contributed by atoms with Crippen molar-refractivity contribution in [2.24, 2.45) is 7.05 Å². The van der Waals surface area contributed by atoms with E-state index in [1.807, 2.05) is 53.9 Å². The third-order valence-electron chi connectivity index (χ3n) is 4.67. The fraction of sp³-hybridized carbons (Fsp3) is 0.333. The topological polar surface area (TPSA) is 80.9 Å². The smallest absolute Gasteiger partial charge is 0.276 e. The number of aromatic nitrogens is 5. The van der Waals surface area contributed by atoms with Gasteiger partial charge in [0.15, 0.2) is 5.69 Å². The maximum absolute atomic E-state index is 13.1. The molecule has 0 radical (unpaired) electrons. The Morgan fingerprint density at radius 1 is 1.27 bits per heavy atom. The van der Waals surface area contributed by atoms with Gasteiger partial charge in [-0.05, 0) is 19.1 Å². The molecule has 8 heteroatoms. The molecule has 134 valence electrons. The van der Waals surface area contributed by atoms with Crippen LogP contribution in [0.25, 0.3) is 5.69 Å². The molecule has 3 heterocycles. The lowest BCUT2D eigenvalue weighted by Crippen LogP contribution is -2.49. The highest BCUT2D eigenvalue weighted by Crippen LogP contribution is 2.22. The van der Waals surface area contributed by atoms with Gasteiger partial charge in [0, 0.05) is 39.1 Å². The second-order valence-corrected chi connectivity index (χ2v) is 6.50. The number of carbonyl (C=O) groups excluding carboxylic acids is 1. The van der Waals surface area contributed by atoms with Crippen molar-refractivity contribution in [2.45, 2.75) is 13.0 Å². The van der Waals surface area contributed by atoms with Gasteiger partial charge >= 0.3 is 0 Å². The number of nitrogens with one attached hydrogen (secondary N) is 1. The van der Waals surface area contributed by atoms with Crippen LogP contribution >= 0.6 is 0 Å². The molecule has 1 aromatic carbocycles. The van der Waals surface area contributed by atoms with Crippen LogP contribution in [0.5, 0.6) is 0 Å². The first kappa shape index (κ1) is 16.5. The van der Waals surface area contributed by atoms with Gasteiger partial charge in [0.25, 0.3) is 5.91 Å². The van der Waals surface area contributed by atoms with Gasteiger partial charge < -0.3 is 14.8 Å². The van der Waals surface area contributed by atoms with Crippen molar-refractivity contribution in [3.05, 3.63) is 59.9 Å². The Labute approximate surface area is 151 Å². The third kappa shape index (κ3) is 2.99. The zero-order chi connectivity index (χ0) is 18.1. The van der Waals surface area contributed by atoms with Gasteiger partial charge in [0.1, 0.15) is 11.9 Å². The molecule has 8 nitrogen and oxygen atoms in total. The zero-order valence-electron chi connectivity index (χ0n) is 14.8. The maximum Gasteiger partial charge on any atom is 0.276 e. The highest BCUT2D eigenvalue weighted by molar-refractivity contribution is 5.92. The lowest BCUT2D eigenvalue weighted by Gasteiger charge is -2.35. The number of aryl methyl sites for hydroxylation is 2. The summed E-state index contributed by atoms with van der Waals surface area (Å²) in [6, 6.07) is 7.80. The fourth-order valence-electron chi connectivity index (χ4n) is 3.21. The third-order valence-corrected chi connectivity index (χ3v) is 4.67. The first-order chi connectivity index (χ1) is 12.6. The van der Waals surface area contributed by atoms with Gasteiger partial charge in [-0.3, -0.25) is 4.79 Å². The summed E-state index contributed by atoms with van der Waals surface area (Å²) in [4.78, 5) is 19.3. The maximum atomic E-state index is 13.1. The molecule has 4 rings (SSSR count). The SMILES string of the molecule is Cc1ccc(-n2cc(C(=O)N3CCNCC3c3nccn3C)nn2)cc1. The average Bonchev–Trinajstić information content (AvgIpc) is 3.31. The Bertz CT molecular complexity index is 912. The first-order valence-corrected chi connectivity index (χ1v) is 8.62. The van der Waals surface area contributed by atoms with Crippen LogP contribution in [0.4, 0.5) is 0 Å². The summed E-state index contributed by atoms with van der Waals surface area (Å²) in [5.74, 6) is 0.731. The predicted octanol–water partition coefficient (Wildman–Crippen LogP) is 1.10. The van der Waals surface area contributed by atoms with Crippen LogP contribution in [0, 0.1) is 6.92 Å². The lowest BCUT2D eigenvalue weighted by atomic mass is 10.1. The number of nitrogens with zero attached hydrogens (tertiary/aromatic N) is 6. The van der Waals surface area contributed by atoms with E-state index in [1.54, 1.807) is 17.1 Å². The van der Waals surface area contributed by atoms with E-state index < -0.39 is 0 Å². The number of piperazine rings is 1. The van der Waals surface area contributed by atoms with Gasteiger partial charge in [-0.2, -0.15) is 0 Å². The molecule has 3 aromatic rings. The Kier molecular flexibility index (Phi) is 4.26. The Balaban J connectivity index is 1.60. The largest absolute Gasteiger partial charge is 0.336 e. The quantitative estimate of drug-likeness (QED) is 0.764. The van der Waals surface area contributed by atoms with Gasteiger partial charge in [-0.25, -0.2) is 9.67 Å². The lowest BCUT2D eigenvalue weighted by molar-refractivity contribution is 0.0614. The second-order valence-electron chi connectivity index (χ2n) is 6.50. The molecule has 1 fully saturated rings. The van der Waals surface area contributed by atoms with Crippen molar-refractivity contribution in [3.63, 3.8) is 0 Å². The molecule has 1 aliphatic rings. The van der Waals surface area contributed by atoms with Gasteiger partial charge in [-0.1, -0.05) is 22.9 Å². The molecule has 1 N–H and O–H groups in total. The first-order valence-electron chi connectivity index (χ1n) is 8.62. The minimum absolute atomic E-state index is 0.124. The van der Waals surface area contributed by atoms with Crippen molar-refractivity contribution in [3.8, 4) is 5.69 Å². The van der Waals surface area contributed by atoms with Crippen LogP contribution in [-0.4, -0.2) is 55.0 Å². The number of imidazole rings is 1. The van der Waals surface area contributed by atoms with Crippen LogP contribution in [0.15, 0.2) is 42.9 Å². The van der Waals surface area contributed by atoms with Gasteiger partial charge in [-0.15, -0.1) is 5.10 Å². The summed E-state index contributed by atoms with van der Waals surface area (Å²) in [5.41, 5.74) is 2.39. The van der Waals surface area contributed by atoms with E-state index in [1.165, 1.54) is 5.56 Å². The summed E-state index contributed by atoms with van der Waals surface area (Å²) in [6.45, 7) is 4.05. The molecular weight excluding hydrogens is 330 g/mol. The standard InChI is InChI=1S/C18H21N7O/c1-13-3-5-14(6-4-13)25-12-15(21-22-25)18(26)24-10-7-19-11-16(24)17-20-8-9-23(17)2/h3-6,8-9,12,16,19H,7,10-11H2,1-2H3. The average molecular weight is 351 g/mol. The van der Waals surface area contributed by atoms with E-state index in [2.05, 4.69) is 20.6 Å². The molecule has 26 heavy (non-hydrogen) atoms. The summed E-state index contributed by atoms with van der Waals surface area (Å²) in [5, 5.41) is 11.6. The van der Waals surface area contributed by atoms with Gasteiger partial charge in [0.2, 0.25) is 0 Å². The number of rotatable bonds is 3.